The summed E-state index contributed by atoms with van der Waals surface area (Å²) in [5.41, 5.74) is 2.98. The van der Waals surface area contributed by atoms with Crippen LogP contribution in [0.4, 0.5) is 11.4 Å². The Labute approximate surface area is 202 Å². The third-order valence-electron chi connectivity index (χ3n) is 6.20. The van der Waals surface area contributed by atoms with E-state index < -0.39 is 5.41 Å². The van der Waals surface area contributed by atoms with E-state index in [1.54, 1.807) is 12.1 Å². The highest BCUT2D eigenvalue weighted by molar-refractivity contribution is 6.31. The first-order valence-electron chi connectivity index (χ1n) is 10.9. The summed E-state index contributed by atoms with van der Waals surface area (Å²) in [6.07, 6.45) is 2.47. The van der Waals surface area contributed by atoms with Crippen molar-refractivity contribution in [3.63, 3.8) is 0 Å². The lowest BCUT2D eigenvalue weighted by Crippen LogP contribution is -2.39. The van der Waals surface area contributed by atoms with E-state index in [4.69, 9.17) is 23.2 Å². The Hall–Kier alpha value is -3.02. The first-order valence-corrected chi connectivity index (χ1v) is 11.7. The fourth-order valence-corrected chi connectivity index (χ4v) is 4.91. The van der Waals surface area contributed by atoms with Crippen LogP contribution < -0.4 is 16.0 Å². The maximum absolute atomic E-state index is 13.7. The summed E-state index contributed by atoms with van der Waals surface area (Å²) in [7, 11) is 0. The third kappa shape index (κ3) is 4.31. The molecule has 1 aliphatic heterocycles. The molecular formula is C26H23Cl2N3O2. The molecule has 2 aliphatic rings. The number of carbonyl (C=O) groups excluding carboxylic acids is 2. The number of anilines is 2. The molecule has 1 fully saturated rings. The van der Waals surface area contributed by atoms with Crippen LogP contribution in [0.15, 0.2) is 66.7 Å². The Morgan fingerprint density at radius 3 is 2.55 bits per heavy atom. The molecule has 5 nitrogen and oxygen atoms in total. The summed E-state index contributed by atoms with van der Waals surface area (Å²) in [5, 5.41) is 10.4. The van der Waals surface area contributed by atoms with Gasteiger partial charge in [-0.05, 0) is 66.3 Å². The molecule has 33 heavy (non-hydrogen) atoms. The summed E-state index contributed by atoms with van der Waals surface area (Å²) in [4.78, 5) is 26.0. The monoisotopic (exact) mass is 479 g/mol. The molecule has 168 valence electrons. The summed E-state index contributed by atoms with van der Waals surface area (Å²) >= 11 is 12.5. The number of rotatable bonds is 7. The van der Waals surface area contributed by atoms with Gasteiger partial charge in [0.2, 0.25) is 11.8 Å². The highest BCUT2D eigenvalue weighted by Gasteiger charge is 2.49. The third-order valence-corrected chi connectivity index (χ3v) is 6.67. The molecule has 0 bridgehead atoms. The summed E-state index contributed by atoms with van der Waals surface area (Å²) in [6, 6.07) is 20.9. The van der Waals surface area contributed by atoms with Crippen molar-refractivity contribution in [3.05, 3.63) is 93.5 Å². The molecule has 1 atom stereocenters. The molecule has 5 rings (SSSR count). The Kier molecular flexibility index (Phi) is 5.77. The van der Waals surface area contributed by atoms with E-state index in [1.165, 1.54) is 0 Å². The van der Waals surface area contributed by atoms with Gasteiger partial charge in [0, 0.05) is 27.5 Å². The Balaban J connectivity index is 1.59. The molecule has 1 aliphatic carbocycles. The van der Waals surface area contributed by atoms with Crippen LogP contribution in [0.3, 0.4) is 0 Å². The first-order chi connectivity index (χ1) is 16.0. The van der Waals surface area contributed by atoms with Crippen LogP contribution in [0.2, 0.25) is 10.0 Å². The molecule has 0 saturated heterocycles. The van der Waals surface area contributed by atoms with Crippen molar-refractivity contribution < 1.29 is 9.59 Å². The maximum atomic E-state index is 13.7. The highest BCUT2D eigenvalue weighted by atomic mass is 35.5. The predicted octanol–water partition coefficient (Wildman–Crippen LogP) is 5.16. The van der Waals surface area contributed by atoms with Crippen molar-refractivity contribution in [1.82, 2.24) is 5.32 Å². The normalized spacial score (nSPS) is 19.0. The topological polar surface area (TPSA) is 70.2 Å². The van der Waals surface area contributed by atoms with Crippen molar-refractivity contribution in [2.45, 2.75) is 30.7 Å². The van der Waals surface area contributed by atoms with Gasteiger partial charge >= 0.3 is 0 Å². The van der Waals surface area contributed by atoms with E-state index in [9.17, 15) is 9.59 Å². The predicted molar refractivity (Wildman–Crippen MR) is 132 cm³/mol. The van der Waals surface area contributed by atoms with E-state index in [2.05, 4.69) is 16.0 Å². The Bertz CT molecular complexity index is 1240. The van der Waals surface area contributed by atoms with Crippen LogP contribution in [0.5, 0.6) is 0 Å². The number of hydrogen-bond acceptors (Lipinski definition) is 3. The standard InChI is InChI=1S/C26H23Cl2N3O2/c27-17-5-3-4-16(12-17)14-26(21-11-8-18(28)13-23(21)31-25(26)33)20-6-1-2-7-22(20)29-15-24(32)30-19-9-10-19/h1-8,11-13,19,29H,9-10,14-15H2,(H,30,32)(H,31,33). The lowest BCUT2D eigenvalue weighted by atomic mass is 9.70. The largest absolute Gasteiger partial charge is 0.376 e. The van der Waals surface area contributed by atoms with Gasteiger partial charge in [-0.2, -0.15) is 0 Å². The molecular weight excluding hydrogens is 457 g/mol. The van der Waals surface area contributed by atoms with E-state index >= 15 is 0 Å². The molecule has 0 aromatic heterocycles. The fraction of sp³-hybridized carbons (Fsp3) is 0.231. The van der Waals surface area contributed by atoms with Crippen LogP contribution in [-0.2, 0) is 21.4 Å². The summed E-state index contributed by atoms with van der Waals surface area (Å²) < 4.78 is 0. The van der Waals surface area contributed by atoms with Crippen molar-refractivity contribution in [2.24, 2.45) is 0 Å². The van der Waals surface area contributed by atoms with Crippen molar-refractivity contribution in [1.29, 1.82) is 0 Å². The number of para-hydroxylation sites is 1. The molecule has 1 saturated carbocycles. The second-order valence-electron chi connectivity index (χ2n) is 8.60. The van der Waals surface area contributed by atoms with Gasteiger partial charge in [0.25, 0.3) is 0 Å². The van der Waals surface area contributed by atoms with Gasteiger partial charge in [-0.25, -0.2) is 0 Å². The van der Waals surface area contributed by atoms with Gasteiger partial charge in [-0.15, -0.1) is 0 Å². The van der Waals surface area contributed by atoms with Crippen molar-refractivity contribution >= 4 is 46.4 Å². The van der Waals surface area contributed by atoms with E-state index in [0.29, 0.717) is 28.2 Å². The van der Waals surface area contributed by atoms with E-state index in [-0.39, 0.29) is 18.4 Å². The van der Waals surface area contributed by atoms with Gasteiger partial charge < -0.3 is 16.0 Å². The van der Waals surface area contributed by atoms with Crippen LogP contribution >= 0.6 is 23.2 Å². The summed E-state index contributed by atoms with van der Waals surface area (Å²) in [5.74, 6) is -0.198. The Morgan fingerprint density at radius 1 is 0.970 bits per heavy atom. The zero-order valence-corrected chi connectivity index (χ0v) is 19.3. The van der Waals surface area contributed by atoms with Crippen LogP contribution in [-0.4, -0.2) is 24.4 Å². The number of amides is 2. The van der Waals surface area contributed by atoms with E-state index in [0.717, 1.165) is 35.2 Å². The first kappa shape index (κ1) is 21.8. The molecule has 3 N–H and O–H groups in total. The van der Waals surface area contributed by atoms with Crippen LogP contribution in [0.1, 0.15) is 29.5 Å². The molecule has 0 spiro atoms. The molecule has 1 unspecified atom stereocenters. The van der Waals surface area contributed by atoms with Gasteiger partial charge in [0.1, 0.15) is 5.41 Å². The SMILES string of the molecule is O=C(CNc1ccccc1C1(Cc2cccc(Cl)c2)C(=O)Nc2cc(Cl)ccc21)NC1CC1. The van der Waals surface area contributed by atoms with Crippen LogP contribution in [0.25, 0.3) is 0 Å². The average Bonchev–Trinajstić information content (AvgIpc) is 3.56. The number of fused-ring (bicyclic) bond motifs is 1. The quantitative estimate of drug-likeness (QED) is 0.437. The lowest BCUT2D eigenvalue weighted by molar-refractivity contribution is -0.120. The molecule has 0 radical (unpaired) electrons. The second-order valence-corrected chi connectivity index (χ2v) is 9.47. The summed E-state index contributed by atoms with van der Waals surface area (Å²) in [6.45, 7) is 0.135. The number of halogens is 2. The zero-order valence-electron chi connectivity index (χ0n) is 17.8. The minimum Gasteiger partial charge on any atom is -0.376 e. The number of nitrogens with one attached hydrogen (secondary N) is 3. The molecule has 7 heteroatoms. The van der Waals surface area contributed by atoms with Gasteiger partial charge in [-0.3, -0.25) is 9.59 Å². The molecule has 3 aromatic carbocycles. The zero-order chi connectivity index (χ0) is 23.0. The molecule has 3 aromatic rings. The molecule has 2 amide bonds. The van der Waals surface area contributed by atoms with Gasteiger partial charge in [-0.1, -0.05) is 59.6 Å². The average molecular weight is 480 g/mol. The number of carbonyl (C=O) groups is 2. The van der Waals surface area contributed by atoms with Gasteiger partial charge in [0.05, 0.1) is 6.54 Å². The fourth-order valence-electron chi connectivity index (χ4n) is 4.53. The Morgan fingerprint density at radius 2 is 1.76 bits per heavy atom. The number of hydrogen-bond donors (Lipinski definition) is 3. The minimum atomic E-state index is -1.01. The molecule has 1 heterocycles. The highest BCUT2D eigenvalue weighted by Crippen LogP contribution is 2.48. The lowest BCUT2D eigenvalue weighted by Gasteiger charge is -2.31. The second kappa shape index (κ2) is 8.73. The van der Waals surface area contributed by atoms with E-state index in [1.807, 2.05) is 54.6 Å². The van der Waals surface area contributed by atoms with Crippen molar-refractivity contribution in [3.8, 4) is 0 Å². The van der Waals surface area contributed by atoms with Crippen molar-refractivity contribution in [2.75, 3.05) is 17.2 Å². The van der Waals surface area contributed by atoms with Gasteiger partial charge in [0.15, 0.2) is 0 Å². The number of benzene rings is 3. The van der Waals surface area contributed by atoms with Crippen LogP contribution in [0, 0.1) is 0 Å². The maximum Gasteiger partial charge on any atom is 0.240 e. The smallest absolute Gasteiger partial charge is 0.240 e. The minimum absolute atomic E-state index is 0.0563.